The summed E-state index contributed by atoms with van der Waals surface area (Å²) in [5, 5.41) is 11.3. The van der Waals surface area contributed by atoms with E-state index in [2.05, 4.69) is 23.2 Å². The van der Waals surface area contributed by atoms with Gasteiger partial charge in [0.1, 0.15) is 0 Å². The number of aromatic nitrogens is 1. The van der Waals surface area contributed by atoms with Crippen molar-refractivity contribution < 1.29 is 9.90 Å². The maximum Gasteiger partial charge on any atom is 0.306 e. The molecule has 1 heterocycles. The highest BCUT2D eigenvalue weighted by molar-refractivity contribution is 6.07. The summed E-state index contributed by atoms with van der Waals surface area (Å²) < 4.78 is 0. The minimum Gasteiger partial charge on any atom is -0.481 e. The molecule has 3 nitrogen and oxygen atoms in total. The van der Waals surface area contributed by atoms with Crippen LogP contribution < -0.4 is 0 Å². The standard InChI is InChI=1S/C16H15NO2/c1-10(16(18)19)8-11-6-7-15-13(9-11)12-4-2-3-5-14(12)17-15/h2-7,9-10,17H,8H2,1H3,(H,18,19). The third-order valence-electron chi connectivity index (χ3n) is 3.53. The van der Waals surface area contributed by atoms with E-state index < -0.39 is 5.97 Å². The molecule has 0 aliphatic rings. The fourth-order valence-electron chi connectivity index (χ4n) is 2.46. The molecule has 1 aromatic heterocycles. The zero-order valence-electron chi connectivity index (χ0n) is 10.7. The summed E-state index contributed by atoms with van der Waals surface area (Å²) in [5.41, 5.74) is 3.26. The number of aromatic amines is 1. The van der Waals surface area contributed by atoms with Crippen molar-refractivity contribution in [1.82, 2.24) is 4.98 Å². The van der Waals surface area contributed by atoms with Gasteiger partial charge in [0.15, 0.2) is 0 Å². The van der Waals surface area contributed by atoms with Crippen molar-refractivity contribution in [3.05, 3.63) is 48.0 Å². The number of carbonyl (C=O) groups is 1. The second-order valence-electron chi connectivity index (χ2n) is 4.99. The molecule has 19 heavy (non-hydrogen) atoms. The number of aliphatic carboxylic acids is 1. The molecule has 3 heteroatoms. The highest BCUT2D eigenvalue weighted by Gasteiger charge is 2.12. The molecule has 2 N–H and O–H groups in total. The Morgan fingerprint density at radius 2 is 1.89 bits per heavy atom. The first-order valence-electron chi connectivity index (χ1n) is 6.37. The predicted molar refractivity (Wildman–Crippen MR) is 76.3 cm³/mol. The van der Waals surface area contributed by atoms with Crippen LogP contribution in [0.2, 0.25) is 0 Å². The first kappa shape index (κ1) is 11.8. The lowest BCUT2D eigenvalue weighted by molar-refractivity contribution is -0.141. The molecular weight excluding hydrogens is 238 g/mol. The van der Waals surface area contributed by atoms with Crippen LogP contribution in [-0.4, -0.2) is 16.1 Å². The summed E-state index contributed by atoms with van der Waals surface area (Å²) in [5.74, 6) is -1.11. The van der Waals surface area contributed by atoms with Crippen molar-refractivity contribution in [3.63, 3.8) is 0 Å². The Morgan fingerprint density at radius 3 is 2.68 bits per heavy atom. The fourth-order valence-corrected chi connectivity index (χ4v) is 2.46. The number of benzene rings is 2. The van der Waals surface area contributed by atoms with Crippen molar-refractivity contribution >= 4 is 27.8 Å². The topological polar surface area (TPSA) is 53.1 Å². The number of hydrogen-bond donors (Lipinski definition) is 2. The van der Waals surface area contributed by atoms with Crippen molar-refractivity contribution in [1.29, 1.82) is 0 Å². The molecule has 1 unspecified atom stereocenters. The highest BCUT2D eigenvalue weighted by Crippen LogP contribution is 2.26. The van der Waals surface area contributed by atoms with Crippen LogP contribution in [0.25, 0.3) is 21.8 Å². The van der Waals surface area contributed by atoms with E-state index >= 15 is 0 Å². The quantitative estimate of drug-likeness (QED) is 0.749. The number of H-pyrrole nitrogens is 1. The number of hydrogen-bond acceptors (Lipinski definition) is 1. The van der Waals surface area contributed by atoms with Crippen LogP contribution in [0.5, 0.6) is 0 Å². The first-order chi connectivity index (χ1) is 9.15. The number of fused-ring (bicyclic) bond motifs is 3. The van der Waals surface area contributed by atoms with Gasteiger partial charge in [-0.05, 0) is 30.2 Å². The number of nitrogens with one attached hydrogen (secondary N) is 1. The third-order valence-corrected chi connectivity index (χ3v) is 3.53. The van der Waals surface area contributed by atoms with Gasteiger partial charge in [0, 0.05) is 21.8 Å². The van der Waals surface area contributed by atoms with Crippen LogP contribution in [0.15, 0.2) is 42.5 Å². The lowest BCUT2D eigenvalue weighted by atomic mass is 9.99. The van der Waals surface area contributed by atoms with Gasteiger partial charge in [-0.1, -0.05) is 31.2 Å². The van der Waals surface area contributed by atoms with Gasteiger partial charge in [0.05, 0.1) is 5.92 Å². The van der Waals surface area contributed by atoms with Gasteiger partial charge < -0.3 is 10.1 Å². The zero-order valence-corrected chi connectivity index (χ0v) is 10.7. The molecule has 0 bridgehead atoms. The lowest BCUT2D eigenvalue weighted by Crippen LogP contribution is -2.12. The number of carboxylic acids is 1. The molecule has 0 saturated heterocycles. The second-order valence-corrected chi connectivity index (χ2v) is 4.99. The average Bonchev–Trinajstić information content (AvgIpc) is 2.76. The van der Waals surface area contributed by atoms with Crippen LogP contribution in [0, 0.1) is 5.92 Å². The van der Waals surface area contributed by atoms with E-state index in [-0.39, 0.29) is 5.92 Å². The average molecular weight is 253 g/mol. The molecule has 1 atom stereocenters. The smallest absolute Gasteiger partial charge is 0.306 e. The first-order valence-corrected chi connectivity index (χ1v) is 6.37. The van der Waals surface area contributed by atoms with E-state index in [0.29, 0.717) is 6.42 Å². The molecule has 0 aliphatic carbocycles. The van der Waals surface area contributed by atoms with Crippen molar-refractivity contribution in [2.24, 2.45) is 5.92 Å². The van der Waals surface area contributed by atoms with E-state index in [1.807, 2.05) is 24.3 Å². The van der Waals surface area contributed by atoms with Gasteiger partial charge in [-0.25, -0.2) is 0 Å². The minimum atomic E-state index is -0.751. The van der Waals surface area contributed by atoms with Crippen LogP contribution >= 0.6 is 0 Å². The Hall–Kier alpha value is -2.29. The number of carboxylic acid groups (broad SMARTS) is 1. The molecule has 96 valence electrons. The van der Waals surface area contributed by atoms with E-state index in [1.165, 1.54) is 5.39 Å². The lowest BCUT2D eigenvalue weighted by Gasteiger charge is -2.06. The number of para-hydroxylation sites is 1. The Morgan fingerprint density at radius 1 is 1.16 bits per heavy atom. The Bertz CT molecular complexity index is 758. The Labute approximate surface area is 110 Å². The normalized spacial score (nSPS) is 12.9. The van der Waals surface area contributed by atoms with Crippen LogP contribution in [0.4, 0.5) is 0 Å². The SMILES string of the molecule is CC(Cc1ccc2[nH]c3ccccc3c2c1)C(=O)O. The Kier molecular flexibility index (Phi) is 2.75. The summed E-state index contributed by atoms with van der Waals surface area (Å²) in [6.07, 6.45) is 0.560. The predicted octanol–water partition coefficient (Wildman–Crippen LogP) is 3.58. The molecule has 0 saturated carbocycles. The molecule has 3 aromatic rings. The summed E-state index contributed by atoms with van der Waals surface area (Å²) in [7, 11) is 0. The van der Waals surface area contributed by atoms with Crippen LogP contribution in [-0.2, 0) is 11.2 Å². The second kappa shape index (κ2) is 4.43. The third kappa shape index (κ3) is 2.08. The van der Waals surface area contributed by atoms with E-state index in [9.17, 15) is 4.79 Å². The number of rotatable bonds is 3. The summed E-state index contributed by atoms with van der Waals surface area (Å²) in [4.78, 5) is 14.3. The minimum absolute atomic E-state index is 0.359. The van der Waals surface area contributed by atoms with Crippen molar-refractivity contribution in [2.45, 2.75) is 13.3 Å². The van der Waals surface area contributed by atoms with Crippen LogP contribution in [0.3, 0.4) is 0 Å². The molecule has 0 radical (unpaired) electrons. The highest BCUT2D eigenvalue weighted by atomic mass is 16.4. The van der Waals surface area contributed by atoms with Gasteiger partial charge in [-0.15, -0.1) is 0 Å². The fraction of sp³-hybridized carbons (Fsp3) is 0.188. The molecule has 2 aromatic carbocycles. The summed E-state index contributed by atoms with van der Waals surface area (Å²) in [6, 6.07) is 14.3. The van der Waals surface area contributed by atoms with E-state index in [4.69, 9.17) is 5.11 Å². The summed E-state index contributed by atoms with van der Waals surface area (Å²) in [6.45, 7) is 1.74. The van der Waals surface area contributed by atoms with E-state index in [0.717, 1.165) is 22.0 Å². The van der Waals surface area contributed by atoms with Gasteiger partial charge in [0.2, 0.25) is 0 Å². The molecular formula is C16H15NO2. The Balaban J connectivity index is 2.09. The van der Waals surface area contributed by atoms with Gasteiger partial charge >= 0.3 is 5.97 Å². The van der Waals surface area contributed by atoms with Gasteiger partial charge in [-0.2, -0.15) is 0 Å². The largest absolute Gasteiger partial charge is 0.481 e. The maximum absolute atomic E-state index is 10.9. The zero-order chi connectivity index (χ0) is 13.4. The van der Waals surface area contributed by atoms with Gasteiger partial charge in [0.25, 0.3) is 0 Å². The molecule has 0 fully saturated rings. The van der Waals surface area contributed by atoms with Crippen molar-refractivity contribution in [3.8, 4) is 0 Å². The van der Waals surface area contributed by atoms with Gasteiger partial charge in [-0.3, -0.25) is 4.79 Å². The molecule has 0 aliphatic heterocycles. The maximum atomic E-state index is 10.9. The van der Waals surface area contributed by atoms with Crippen molar-refractivity contribution in [2.75, 3.05) is 0 Å². The molecule has 0 spiro atoms. The summed E-state index contributed by atoms with van der Waals surface area (Å²) >= 11 is 0. The molecule has 0 amide bonds. The van der Waals surface area contributed by atoms with Crippen LogP contribution in [0.1, 0.15) is 12.5 Å². The van der Waals surface area contributed by atoms with E-state index in [1.54, 1.807) is 6.92 Å². The molecule has 3 rings (SSSR count). The monoisotopic (exact) mass is 253 g/mol.